The molecule has 0 unspecified atom stereocenters. The number of halogens is 1. The van der Waals surface area contributed by atoms with E-state index >= 15 is 0 Å². The summed E-state index contributed by atoms with van der Waals surface area (Å²) in [5.74, 6) is -0.216. The standard InChI is InChI=1S/C12H9ClN4O4/c13-8-2-1-3-9(5-8)21-12-10(17(19)20)4-7(6-15-12)11(14)16-18/h1-6,18H,(H2,14,16). The maximum absolute atomic E-state index is 11.1. The van der Waals surface area contributed by atoms with Crippen molar-refractivity contribution in [2.24, 2.45) is 10.9 Å². The van der Waals surface area contributed by atoms with Crippen LogP contribution in [0.15, 0.2) is 41.7 Å². The van der Waals surface area contributed by atoms with Gasteiger partial charge in [-0.2, -0.15) is 0 Å². The largest absolute Gasteiger partial charge is 0.434 e. The van der Waals surface area contributed by atoms with E-state index in [0.29, 0.717) is 10.8 Å². The Morgan fingerprint density at radius 1 is 1.48 bits per heavy atom. The maximum atomic E-state index is 11.1. The molecule has 0 bridgehead atoms. The van der Waals surface area contributed by atoms with Crippen molar-refractivity contribution in [2.45, 2.75) is 0 Å². The Bertz CT molecular complexity index is 720. The fourth-order valence-corrected chi connectivity index (χ4v) is 1.67. The van der Waals surface area contributed by atoms with Gasteiger partial charge in [0.15, 0.2) is 5.84 Å². The molecule has 0 spiro atoms. The van der Waals surface area contributed by atoms with Gasteiger partial charge in [0.25, 0.3) is 5.88 Å². The Labute approximate surface area is 123 Å². The Hall–Kier alpha value is -2.87. The minimum atomic E-state index is -0.680. The van der Waals surface area contributed by atoms with Gasteiger partial charge in [-0.05, 0) is 18.2 Å². The molecule has 1 heterocycles. The average Bonchev–Trinajstić information content (AvgIpc) is 2.46. The van der Waals surface area contributed by atoms with Crippen molar-refractivity contribution < 1.29 is 14.9 Å². The normalized spacial score (nSPS) is 11.2. The van der Waals surface area contributed by atoms with E-state index in [1.165, 1.54) is 12.3 Å². The highest BCUT2D eigenvalue weighted by molar-refractivity contribution is 6.30. The third-order valence-corrected chi connectivity index (χ3v) is 2.68. The molecule has 108 valence electrons. The molecule has 0 aliphatic carbocycles. The average molecular weight is 309 g/mol. The summed E-state index contributed by atoms with van der Waals surface area (Å²) >= 11 is 5.80. The predicted octanol–water partition coefficient (Wildman–Crippen LogP) is 2.53. The van der Waals surface area contributed by atoms with Crippen LogP contribution in [-0.2, 0) is 0 Å². The first-order valence-corrected chi connectivity index (χ1v) is 5.95. The van der Waals surface area contributed by atoms with Gasteiger partial charge in [-0.3, -0.25) is 10.1 Å². The van der Waals surface area contributed by atoms with Gasteiger partial charge in [0.05, 0.1) is 4.92 Å². The Balaban J connectivity index is 2.41. The van der Waals surface area contributed by atoms with Crippen LogP contribution in [0.25, 0.3) is 0 Å². The number of nitrogens with two attached hydrogens (primary N) is 1. The summed E-state index contributed by atoms with van der Waals surface area (Å²) in [5.41, 5.74) is 5.05. The van der Waals surface area contributed by atoms with Crippen molar-refractivity contribution in [3.63, 3.8) is 0 Å². The van der Waals surface area contributed by atoms with Gasteiger partial charge in [0.2, 0.25) is 0 Å². The van der Waals surface area contributed by atoms with Gasteiger partial charge in [-0.15, -0.1) is 0 Å². The highest BCUT2D eigenvalue weighted by Gasteiger charge is 2.20. The summed E-state index contributed by atoms with van der Waals surface area (Å²) < 4.78 is 5.34. The number of pyridine rings is 1. The fraction of sp³-hybridized carbons (Fsp3) is 0. The third kappa shape index (κ3) is 3.37. The third-order valence-electron chi connectivity index (χ3n) is 2.44. The monoisotopic (exact) mass is 308 g/mol. The van der Waals surface area contributed by atoms with E-state index in [0.717, 1.165) is 6.07 Å². The number of nitrogens with zero attached hydrogens (tertiary/aromatic N) is 3. The number of nitro groups is 1. The van der Waals surface area contributed by atoms with E-state index in [9.17, 15) is 10.1 Å². The molecular weight excluding hydrogens is 300 g/mol. The molecule has 0 radical (unpaired) electrons. The van der Waals surface area contributed by atoms with E-state index in [1.54, 1.807) is 18.2 Å². The lowest BCUT2D eigenvalue weighted by Crippen LogP contribution is -2.14. The Morgan fingerprint density at radius 2 is 2.24 bits per heavy atom. The van der Waals surface area contributed by atoms with Gasteiger partial charge >= 0.3 is 5.69 Å². The number of hydrogen-bond acceptors (Lipinski definition) is 6. The van der Waals surface area contributed by atoms with Gasteiger partial charge in [-0.25, -0.2) is 4.98 Å². The number of rotatable bonds is 4. The maximum Gasteiger partial charge on any atom is 0.332 e. The molecule has 0 saturated carbocycles. The molecule has 1 aromatic carbocycles. The van der Waals surface area contributed by atoms with Gasteiger partial charge in [0, 0.05) is 22.8 Å². The van der Waals surface area contributed by atoms with Crippen LogP contribution in [0.3, 0.4) is 0 Å². The molecule has 0 aliphatic heterocycles. The molecule has 2 rings (SSSR count). The second-order valence-corrected chi connectivity index (χ2v) is 4.29. The first-order valence-electron chi connectivity index (χ1n) is 5.57. The van der Waals surface area contributed by atoms with Crippen LogP contribution in [0.2, 0.25) is 5.02 Å². The number of aromatic nitrogens is 1. The fourth-order valence-electron chi connectivity index (χ4n) is 1.49. The number of amidine groups is 1. The van der Waals surface area contributed by atoms with Gasteiger partial charge in [-0.1, -0.05) is 22.8 Å². The van der Waals surface area contributed by atoms with Crippen molar-refractivity contribution in [3.8, 4) is 11.6 Å². The van der Waals surface area contributed by atoms with Crippen molar-refractivity contribution in [1.82, 2.24) is 4.98 Å². The van der Waals surface area contributed by atoms with Crippen LogP contribution in [0.5, 0.6) is 11.6 Å². The second-order valence-electron chi connectivity index (χ2n) is 3.85. The van der Waals surface area contributed by atoms with Crippen molar-refractivity contribution in [1.29, 1.82) is 0 Å². The molecule has 3 N–H and O–H groups in total. The first-order chi connectivity index (χ1) is 10.0. The lowest BCUT2D eigenvalue weighted by atomic mass is 10.2. The molecule has 8 nitrogen and oxygen atoms in total. The van der Waals surface area contributed by atoms with Crippen LogP contribution in [0, 0.1) is 10.1 Å². The molecule has 2 aromatic rings. The van der Waals surface area contributed by atoms with Gasteiger partial charge < -0.3 is 15.7 Å². The van der Waals surface area contributed by atoms with E-state index in [2.05, 4.69) is 10.1 Å². The highest BCUT2D eigenvalue weighted by atomic mass is 35.5. The minimum absolute atomic E-state index is 0.0997. The molecule has 0 fully saturated rings. The SMILES string of the molecule is N/C(=N/O)c1cnc(Oc2cccc(Cl)c2)c([N+](=O)[O-])c1. The van der Waals surface area contributed by atoms with Crippen molar-refractivity contribution in [3.05, 3.63) is 57.2 Å². The number of ether oxygens (including phenoxy) is 1. The zero-order chi connectivity index (χ0) is 15.4. The topological polar surface area (TPSA) is 124 Å². The van der Waals surface area contributed by atoms with Crippen LogP contribution in [0.1, 0.15) is 5.56 Å². The molecule has 0 saturated heterocycles. The minimum Gasteiger partial charge on any atom is -0.434 e. The summed E-state index contributed by atoms with van der Waals surface area (Å²) in [7, 11) is 0. The molecule has 0 amide bonds. The smallest absolute Gasteiger partial charge is 0.332 e. The zero-order valence-electron chi connectivity index (χ0n) is 10.4. The zero-order valence-corrected chi connectivity index (χ0v) is 11.2. The van der Waals surface area contributed by atoms with Crippen molar-refractivity contribution in [2.75, 3.05) is 0 Å². The van der Waals surface area contributed by atoms with Crippen LogP contribution < -0.4 is 10.5 Å². The van der Waals surface area contributed by atoms with Gasteiger partial charge in [0.1, 0.15) is 5.75 Å². The highest BCUT2D eigenvalue weighted by Crippen LogP contribution is 2.30. The molecular formula is C12H9ClN4O4. The van der Waals surface area contributed by atoms with E-state index < -0.39 is 10.6 Å². The van der Waals surface area contributed by atoms with E-state index in [1.807, 2.05) is 0 Å². The second kappa shape index (κ2) is 6.06. The van der Waals surface area contributed by atoms with Crippen LogP contribution in [0.4, 0.5) is 5.69 Å². The summed E-state index contributed by atoms with van der Waals surface area (Å²) in [4.78, 5) is 14.2. The summed E-state index contributed by atoms with van der Waals surface area (Å²) in [6.45, 7) is 0. The quantitative estimate of drug-likeness (QED) is 0.294. The lowest BCUT2D eigenvalue weighted by molar-refractivity contribution is -0.386. The van der Waals surface area contributed by atoms with Crippen LogP contribution in [-0.4, -0.2) is 21.0 Å². The number of hydrogen-bond donors (Lipinski definition) is 2. The Morgan fingerprint density at radius 3 is 2.86 bits per heavy atom. The number of benzene rings is 1. The number of oxime groups is 1. The predicted molar refractivity (Wildman–Crippen MR) is 74.9 cm³/mol. The molecule has 9 heteroatoms. The molecule has 21 heavy (non-hydrogen) atoms. The van der Waals surface area contributed by atoms with Crippen LogP contribution >= 0.6 is 11.6 Å². The first kappa shape index (κ1) is 14.5. The molecule has 0 atom stereocenters. The summed E-state index contributed by atoms with van der Waals surface area (Å²) in [6.07, 6.45) is 1.20. The summed E-state index contributed by atoms with van der Waals surface area (Å²) in [5, 5.41) is 22.8. The van der Waals surface area contributed by atoms with E-state index in [-0.39, 0.29) is 17.3 Å². The molecule has 1 aromatic heterocycles. The summed E-state index contributed by atoms with van der Waals surface area (Å²) in [6, 6.07) is 7.44. The Kier molecular flexibility index (Phi) is 4.19. The van der Waals surface area contributed by atoms with E-state index in [4.69, 9.17) is 27.3 Å². The van der Waals surface area contributed by atoms with Crippen molar-refractivity contribution >= 4 is 23.1 Å². The lowest BCUT2D eigenvalue weighted by Gasteiger charge is -2.06. The molecule has 0 aliphatic rings.